The highest BCUT2D eigenvalue weighted by atomic mass is 16.3. The second-order valence-electron chi connectivity index (χ2n) is 13.8. The molecule has 53 heavy (non-hydrogen) atoms. The van der Waals surface area contributed by atoms with Crippen molar-refractivity contribution in [1.29, 1.82) is 0 Å². The largest absolute Gasteiger partial charge is 0.455 e. The minimum absolute atomic E-state index is 0.167. The first-order chi connectivity index (χ1) is 25.5. The van der Waals surface area contributed by atoms with Gasteiger partial charge in [-0.2, -0.15) is 0 Å². The van der Waals surface area contributed by atoms with Gasteiger partial charge in [0, 0.05) is 22.1 Å². The molecule has 6 aromatic carbocycles. The number of benzene rings is 6. The number of ketones is 1. The first kappa shape index (κ1) is 36.5. The third kappa shape index (κ3) is 8.45. The molecule has 0 saturated heterocycles. The lowest BCUT2D eigenvalue weighted by Crippen LogP contribution is -2.14. The number of nitrogens with zero attached hydrogens (tertiary/aromatic N) is 2. The van der Waals surface area contributed by atoms with E-state index in [1.807, 2.05) is 60.7 Å². The number of carbonyl (C=O) groups excluding carboxylic acids is 1. The van der Waals surface area contributed by atoms with Gasteiger partial charge in [0.2, 0.25) is 0 Å². The molecule has 0 fully saturated rings. The van der Waals surface area contributed by atoms with Gasteiger partial charge in [0.1, 0.15) is 28.6 Å². The van der Waals surface area contributed by atoms with Crippen LogP contribution in [0, 0.1) is 41.5 Å². The normalized spacial score (nSPS) is 11.7. The maximum atomic E-state index is 9.44. The Bertz CT molecular complexity index is 2270. The molecule has 266 valence electrons. The number of carbonyl (C=O) groups is 1. The lowest BCUT2D eigenvalue weighted by molar-refractivity contribution is -0.115. The summed E-state index contributed by atoms with van der Waals surface area (Å²) in [6.45, 7) is 15.8. The van der Waals surface area contributed by atoms with Gasteiger partial charge in [-0.1, -0.05) is 96.1 Å². The van der Waals surface area contributed by atoms with Crippen molar-refractivity contribution in [2.45, 2.75) is 55.4 Å². The zero-order valence-electron chi connectivity index (χ0n) is 31.8. The fourth-order valence-electron chi connectivity index (χ4n) is 6.74. The summed E-state index contributed by atoms with van der Waals surface area (Å²) in [7, 11) is 0. The van der Waals surface area contributed by atoms with E-state index in [2.05, 4.69) is 113 Å². The molecule has 0 bridgehead atoms. The molecule has 0 aliphatic carbocycles. The number of nitrogens with one attached hydrogen (secondary N) is 2. The zero-order chi connectivity index (χ0) is 37.6. The Kier molecular flexibility index (Phi) is 11.0. The van der Waals surface area contributed by atoms with Crippen LogP contribution in [-0.4, -0.2) is 17.5 Å². The molecule has 7 aromatic rings. The van der Waals surface area contributed by atoms with Crippen LogP contribution in [0.2, 0.25) is 0 Å². The minimum Gasteiger partial charge on any atom is -0.455 e. The standard InChI is InChI=1S/C44H40N4O.C3H6O/c1-27-23-29(3)39(30(4)24-27)47-43(45-33-15-9-7-10-16-33)37-21-13-19-35-36-20-14-22-38(42(36)49-41(35)37)44(46-34-17-11-8-12-18-34)48-40-31(5)25-28(2)26-32(40)6;1-3(2)4/h7-26H,1-6H3,(H,45,47)(H,46,48);1-2H3. The van der Waals surface area contributed by atoms with Crippen molar-refractivity contribution >= 4 is 62.1 Å². The number of hydrogen-bond acceptors (Lipinski definition) is 4. The van der Waals surface area contributed by atoms with Gasteiger partial charge in [-0.15, -0.1) is 0 Å². The van der Waals surface area contributed by atoms with Crippen molar-refractivity contribution in [1.82, 2.24) is 0 Å². The fraction of sp³-hybridized carbons (Fsp3) is 0.170. The summed E-state index contributed by atoms with van der Waals surface area (Å²) < 4.78 is 6.95. The monoisotopic (exact) mass is 698 g/mol. The van der Waals surface area contributed by atoms with Gasteiger partial charge in [-0.25, -0.2) is 9.98 Å². The molecule has 0 spiro atoms. The SMILES string of the molecule is CC(C)=O.Cc1cc(C)c(N=C(Nc2ccccc2)c2cccc3c2oc2c(C(=Nc4c(C)cc(C)cc4C)Nc4ccccc4)cccc23)c(C)c1. The molecule has 0 atom stereocenters. The quantitative estimate of drug-likeness (QED) is 0.134. The van der Waals surface area contributed by atoms with E-state index in [9.17, 15) is 4.79 Å². The summed E-state index contributed by atoms with van der Waals surface area (Å²) >= 11 is 0. The minimum atomic E-state index is 0.167. The van der Waals surface area contributed by atoms with E-state index in [0.29, 0.717) is 0 Å². The number of furan rings is 1. The van der Waals surface area contributed by atoms with E-state index in [-0.39, 0.29) is 5.78 Å². The number of amidine groups is 2. The van der Waals surface area contributed by atoms with Crippen LogP contribution in [-0.2, 0) is 4.79 Å². The van der Waals surface area contributed by atoms with Gasteiger partial charge < -0.3 is 19.8 Å². The molecule has 0 aliphatic heterocycles. The molecule has 6 heteroatoms. The predicted octanol–water partition coefficient (Wildman–Crippen LogP) is 12.4. The third-order valence-corrected chi connectivity index (χ3v) is 8.83. The molecule has 7 rings (SSSR count). The van der Waals surface area contributed by atoms with Crippen molar-refractivity contribution in [3.8, 4) is 0 Å². The zero-order valence-corrected chi connectivity index (χ0v) is 31.8. The van der Waals surface area contributed by atoms with E-state index < -0.39 is 0 Å². The number of para-hydroxylation sites is 4. The maximum Gasteiger partial charge on any atom is 0.146 e. The summed E-state index contributed by atoms with van der Waals surface area (Å²) in [6, 6.07) is 41.6. The van der Waals surface area contributed by atoms with Crippen molar-refractivity contribution in [3.63, 3.8) is 0 Å². The van der Waals surface area contributed by atoms with Crippen LogP contribution < -0.4 is 10.6 Å². The molecule has 2 N–H and O–H groups in total. The second kappa shape index (κ2) is 16.0. The number of fused-ring (bicyclic) bond motifs is 3. The van der Waals surface area contributed by atoms with Gasteiger partial charge in [0.15, 0.2) is 0 Å². The number of aryl methyl sites for hydroxylation is 6. The summed E-state index contributed by atoms with van der Waals surface area (Å²) in [4.78, 5) is 20.0. The van der Waals surface area contributed by atoms with Gasteiger partial charge >= 0.3 is 0 Å². The van der Waals surface area contributed by atoms with Crippen LogP contribution in [0.4, 0.5) is 22.7 Å². The molecule has 6 nitrogen and oxygen atoms in total. The van der Waals surface area contributed by atoms with Crippen molar-refractivity contribution in [2.24, 2.45) is 9.98 Å². The van der Waals surface area contributed by atoms with Crippen LogP contribution in [0.5, 0.6) is 0 Å². The Balaban J connectivity index is 0.00000114. The summed E-state index contributed by atoms with van der Waals surface area (Å²) in [5, 5.41) is 9.27. The molecular formula is C47H46N4O2. The Morgan fingerprint density at radius 2 is 0.830 bits per heavy atom. The number of hydrogen-bond donors (Lipinski definition) is 2. The summed E-state index contributed by atoms with van der Waals surface area (Å²) in [5.41, 5.74) is 14.0. The van der Waals surface area contributed by atoms with Crippen LogP contribution in [0.25, 0.3) is 21.9 Å². The van der Waals surface area contributed by atoms with Crippen LogP contribution in [0.15, 0.2) is 136 Å². The van der Waals surface area contributed by atoms with Crippen LogP contribution in [0.1, 0.15) is 58.4 Å². The molecule has 0 unspecified atom stereocenters. The first-order valence-corrected chi connectivity index (χ1v) is 17.9. The summed E-state index contributed by atoms with van der Waals surface area (Å²) in [6.07, 6.45) is 0. The Morgan fingerprint density at radius 1 is 0.491 bits per heavy atom. The predicted molar refractivity (Wildman–Crippen MR) is 224 cm³/mol. The van der Waals surface area contributed by atoms with E-state index in [0.717, 1.165) is 89.7 Å². The fourth-order valence-corrected chi connectivity index (χ4v) is 6.74. The van der Waals surface area contributed by atoms with E-state index in [1.165, 1.54) is 25.0 Å². The number of anilines is 2. The first-order valence-electron chi connectivity index (χ1n) is 17.9. The maximum absolute atomic E-state index is 9.44. The van der Waals surface area contributed by atoms with Crippen molar-refractivity contribution < 1.29 is 9.21 Å². The lowest BCUT2D eigenvalue weighted by Gasteiger charge is -2.14. The Labute approximate surface area is 312 Å². The number of rotatable bonds is 6. The Morgan fingerprint density at radius 3 is 1.17 bits per heavy atom. The van der Waals surface area contributed by atoms with Gasteiger partial charge in [0.05, 0.1) is 22.5 Å². The Hall–Kier alpha value is -6.27. The molecule has 0 radical (unpaired) electrons. The molecule has 1 heterocycles. The highest BCUT2D eigenvalue weighted by molar-refractivity contribution is 6.23. The molecule has 1 aromatic heterocycles. The van der Waals surface area contributed by atoms with Crippen molar-refractivity contribution in [3.05, 3.63) is 166 Å². The highest BCUT2D eigenvalue weighted by Gasteiger charge is 2.20. The smallest absolute Gasteiger partial charge is 0.146 e. The molecule has 0 saturated carbocycles. The van der Waals surface area contributed by atoms with Crippen molar-refractivity contribution in [2.75, 3.05) is 10.6 Å². The van der Waals surface area contributed by atoms with Crippen LogP contribution >= 0.6 is 0 Å². The second-order valence-corrected chi connectivity index (χ2v) is 13.8. The van der Waals surface area contributed by atoms with Gasteiger partial charge in [-0.05, 0) is 114 Å². The average molecular weight is 699 g/mol. The van der Waals surface area contributed by atoms with Gasteiger partial charge in [0.25, 0.3) is 0 Å². The van der Waals surface area contributed by atoms with Gasteiger partial charge in [-0.3, -0.25) is 0 Å². The number of Topliss-reactive ketones (excluding diaryl/α,β-unsaturated/α-hetero) is 1. The van der Waals surface area contributed by atoms with E-state index >= 15 is 0 Å². The summed E-state index contributed by atoms with van der Waals surface area (Å²) in [5.74, 6) is 1.60. The highest BCUT2D eigenvalue weighted by Crippen LogP contribution is 2.36. The van der Waals surface area contributed by atoms with E-state index in [1.54, 1.807) is 0 Å². The topological polar surface area (TPSA) is 79.0 Å². The van der Waals surface area contributed by atoms with E-state index in [4.69, 9.17) is 14.4 Å². The molecule has 0 aliphatic rings. The average Bonchev–Trinajstić information content (AvgIpc) is 3.50. The lowest BCUT2D eigenvalue weighted by atomic mass is 10.0. The molecule has 0 amide bonds. The number of aliphatic imine (C=N–C) groups is 2. The third-order valence-electron chi connectivity index (χ3n) is 8.83. The molecular weight excluding hydrogens is 653 g/mol. The van der Waals surface area contributed by atoms with Crippen LogP contribution in [0.3, 0.4) is 0 Å².